The van der Waals surface area contributed by atoms with Crippen LogP contribution in [0.3, 0.4) is 0 Å². The van der Waals surface area contributed by atoms with Crippen molar-refractivity contribution >= 4 is 11.9 Å². The topological polar surface area (TPSA) is 43.4 Å². The van der Waals surface area contributed by atoms with Crippen LogP contribution in [0.1, 0.15) is 39.5 Å². The van der Waals surface area contributed by atoms with Gasteiger partial charge in [0, 0.05) is 0 Å². The van der Waals surface area contributed by atoms with E-state index in [-0.39, 0.29) is 23.8 Å². The minimum atomic E-state index is -0.382. The van der Waals surface area contributed by atoms with Crippen LogP contribution in [-0.4, -0.2) is 11.9 Å². The summed E-state index contributed by atoms with van der Waals surface area (Å²) in [7, 11) is 0. The van der Waals surface area contributed by atoms with E-state index in [0.717, 1.165) is 6.42 Å². The summed E-state index contributed by atoms with van der Waals surface area (Å²) in [6.45, 7) is 3.89. The van der Waals surface area contributed by atoms with Crippen LogP contribution in [0.4, 0.5) is 0 Å². The summed E-state index contributed by atoms with van der Waals surface area (Å²) in [5.41, 5.74) is 0. The normalized spacial score (nSPS) is 26.3. The van der Waals surface area contributed by atoms with Gasteiger partial charge < -0.3 is 4.74 Å². The molecule has 1 aliphatic heterocycles. The summed E-state index contributed by atoms with van der Waals surface area (Å²) in [6.07, 6.45) is 8.06. The molecule has 0 radical (unpaired) electrons. The molecule has 2 unspecified atom stereocenters. The number of carbonyl (C=O) groups excluding carboxylic acids is 2. The van der Waals surface area contributed by atoms with Crippen molar-refractivity contribution in [1.82, 2.24) is 0 Å². The molecule has 0 aromatic carbocycles. The molecular formula is C12H18O3. The minimum absolute atomic E-state index is 0.268. The van der Waals surface area contributed by atoms with Gasteiger partial charge in [0.25, 0.3) is 0 Å². The molecular weight excluding hydrogens is 192 g/mol. The number of allylic oxidation sites excluding steroid dienone is 2. The Hall–Kier alpha value is -1.12. The molecule has 0 N–H and O–H groups in total. The molecule has 84 valence electrons. The van der Waals surface area contributed by atoms with Crippen LogP contribution in [0, 0.1) is 11.8 Å². The van der Waals surface area contributed by atoms with Crippen molar-refractivity contribution in [2.75, 3.05) is 0 Å². The molecule has 1 heterocycles. The molecule has 0 bridgehead atoms. The SMILES string of the molecule is CCCCC=CCC1C(=O)OC(=O)C1C. The first-order chi connectivity index (χ1) is 7.16. The van der Waals surface area contributed by atoms with Gasteiger partial charge in [0.05, 0.1) is 11.8 Å². The fraction of sp³-hybridized carbons (Fsp3) is 0.667. The second kappa shape index (κ2) is 5.69. The number of hydrogen-bond acceptors (Lipinski definition) is 3. The van der Waals surface area contributed by atoms with E-state index in [2.05, 4.69) is 17.7 Å². The van der Waals surface area contributed by atoms with E-state index in [1.54, 1.807) is 6.92 Å². The maximum absolute atomic E-state index is 11.2. The van der Waals surface area contributed by atoms with Crippen LogP contribution < -0.4 is 0 Å². The number of ether oxygens (including phenoxy) is 1. The molecule has 0 aromatic rings. The summed E-state index contributed by atoms with van der Waals surface area (Å²) in [5, 5.41) is 0. The molecule has 1 fully saturated rings. The highest BCUT2D eigenvalue weighted by molar-refractivity contribution is 5.96. The van der Waals surface area contributed by atoms with E-state index in [1.165, 1.54) is 12.8 Å². The highest BCUT2D eigenvalue weighted by atomic mass is 16.6. The van der Waals surface area contributed by atoms with E-state index in [0.29, 0.717) is 6.42 Å². The van der Waals surface area contributed by atoms with Gasteiger partial charge in [-0.3, -0.25) is 9.59 Å². The summed E-state index contributed by atoms with van der Waals surface area (Å²) < 4.78 is 4.55. The van der Waals surface area contributed by atoms with Crippen LogP contribution in [0.5, 0.6) is 0 Å². The van der Waals surface area contributed by atoms with Gasteiger partial charge in [-0.1, -0.05) is 38.8 Å². The van der Waals surface area contributed by atoms with Crippen LogP contribution in [0.25, 0.3) is 0 Å². The number of carbonyl (C=O) groups is 2. The second-order valence-electron chi connectivity index (χ2n) is 3.98. The van der Waals surface area contributed by atoms with Crippen LogP contribution in [0.2, 0.25) is 0 Å². The lowest BCUT2D eigenvalue weighted by molar-refractivity contribution is -0.153. The lowest BCUT2D eigenvalue weighted by atomic mass is 9.93. The zero-order valence-corrected chi connectivity index (χ0v) is 9.36. The van der Waals surface area contributed by atoms with Gasteiger partial charge in [0.15, 0.2) is 0 Å². The lowest BCUT2D eigenvalue weighted by Crippen LogP contribution is -2.13. The molecule has 1 aliphatic rings. The van der Waals surface area contributed by atoms with Crippen molar-refractivity contribution in [3.63, 3.8) is 0 Å². The Morgan fingerprint density at radius 3 is 2.53 bits per heavy atom. The first-order valence-electron chi connectivity index (χ1n) is 5.57. The highest BCUT2D eigenvalue weighted by Gasteiger charge is 2.40. The van der Waals surface area contributed by atoms with E-state index < -0.39 is 0 Å². The first kappa shape index (κ1) is 12.0. The molecule has 0 saturated carbocycles. The van der Waals surface area contributed by atoms with E-state index in [9.17, 15) is 9.59 Å². The minimum Gasteiger partial charge on any atom is -0.393 e. The van der Waals surface area contributed by atoms with Gasteiger partial charge in [-0.25, -0.2) is 0 Å². The smallest absolute Gasteiger partial charge is 0.317 e. The fourth-order valence-electron chi connectivity index (χ4n) is 1.62. The predicted molar refractivity (Wildman–Crippen MR) is 57.0 cm³/mol. The molecule has 3 heteroatoms. The zero-order valence-electron chi connectivity index (χ0n) is 9.36. The van der Waals surface area contributed by atoms with Crippen molar-refractivity contribution in [3.8, 4) is 0 Å². The molecule has 1 saturated heterocycles. The highest BCUT2D eigenvalue weighted by Crippen LogP contribution is 2.26. The average Bonchev–Trinajstić information content (AvgIpc) is 2.44. The number of rotatable bonds is 5. The fourth-order valence-corrected chi connectivity index (χ4v) is 1.62. The Labute approximate surface area is 90.5 Å². The largest absolute Gasteiger partial charge is 0.393 e. The van der Waals surface area contributed by atoms with Crippen molar-refractivity contribution in [1.29, 1.82) is 0 Å². The Balaban J connectivity index is 2.35. The standard InChI is InChI=1S/C12H18O3/c1-3-4-5-6-7-8-10-9(2)11(13)15-12(10)14/h6-7,9-10H,3-5,8H2,1-2H3. The maximum atomic E-state index is 11.2. The first-order valence-corrected chi connectivity index (χ1v) is 5.57. The van der Waals surface area contributed by atoms with Crippen LogP contribution >= 0.6 is 0 Å². The average molecular weight is 210 g/mol. The van der Waals surface area contributed by atoms with E-state index in [1.807, 2.05) is 6.08 Å². The number of hydrogen-bond donors (Lipinski definition) is 0. The lowest BCUT2D eigenvalue weighted by Gasteiger charge is -2.04. The summed E-state index contributed by atoms with van der Waals surface area (Å²) >= 11 is 0. The van der Waals surface area contributed by atoms with Gasteiger partial charge >= 0.3 is 11.9 Å². The Morgan fingerprint density at radius 1 is 1.27 bits per heavy atom. The summed E-state index contributed by atoms with van der Waals surface area (Å²) in [4.78, 5) is 22.3. The second-order valence-corrected chi connectivity index (χ2v) is 3.98. The maximum Gasteiger partial charge on any atom is 0.317 e. The number of cyclic esters (lactones) is 2. The van der Waals surface area contributed by atoms with Crippen molar-refractivity contribution < 1.29 is 14.3 Å². The molecule has 1 rings (SSSR count). The predicted octanol–water partition coefficient (Wildman–Crippen LogP) is 2.46. The number of unbranched alkanes of at least 4 members (excludes halogenated alkanes) is 2. The van der Waals surface area contributed by atoms with E-state index >= 15 is 0 Å². The van der Waals surface area contributed by atoms with Gasteiger partial charge in [-0.05, 0) is 12.8 Å². The quantitative estimate of drug-likeness (QED) is 0.303. The van der Waals surface area contributed by atoms with Crippen molar-refractivity contribution in [3.05, 3.63) is 12.2 Å². The van der Waals surface area contributed by atoms with Gasteiger partial charge in [0.2, 0.25) is 0 Å². The third-order valence-electron chi connectivity index (χ3n) is 2.76. The monoisotopic (exact) mass is 210 g/mol. The van der Waals surface area contributed by atoms with Crippen molar-refractivity contribution in [2.24, 2.45) is 11.8 Å². The van der Waals surface area contributed by atoms with E-state index in [4.69, 9.17) is 0 Å². The van der Waals surface area contributed by atoms with Gasteiger partial charge in [-0.15, -0.1) is 0 Å². The third-order valence-corrected chi connectivity index (χ3v) is 2.76. The van der Waals surface area contributed by atoms with Crippen LogP contribution in [-0.2, 0) is 14.3 Å². The molecule has 15 heavy (non-hydrogen) atoms. The molecule has 0 spiro atoms. The number of esters is 2. The van der Waals surface area contributed by atoms with Gasteiger partial charge in [0.1, 0.15) is 0 Å². The zero-order chi connectivity index (χ0) is 11.3. The Morgan fingerprint density at radius 2 is 2.00 bits per heavy atom. The Bertz CT molecular complexity index is 268. The molecule has 0 aromatic heterocycles. The van der Waals surface area contributed by atoms with Crippen molar-refractivity contribution in [2.45, 2.75) is 39.5 Å². The van der Waals surface area contributed by atoms with Crippen LogP contribution in [0.15, 0.2) is 12.2 Å². The summed E-state index contributed by atoms with van der Waals surface area (Å²) in [6, 6.07) is 0. The molecule has 0 amide bonds. The Kier molecular flexibility index (Phi) is 4.53. The third kappa shape index (κ3) is 3.18. The molecule has 2 atom stereocenters. The van der Waals surface area contributed by atoms with Gasteiger partial charge in [-0.2, -0.15) is 0 Å². The summed E-state index contributed by atoms with van der Waals surface area (Å²) in [5.74, 6) is -1.30. The molecule has 0 aliphatic carbocycles. The molecule has 3 nitrogen and oxygen atoms in total.